The van der Waals surface area contributed by atoms with Gasteiger partial charge in [0.25, 0.3) is 0 Å². The molecule has 0 aromatic carbocycles. The lowest BCUT2D eigenvalue weighted by atomic mass is 9.87. The van der Waals surface area contributed by atoms with Gasteiger partial charge >= 0.3 is 0 Å². The van der Waals surface area contributed by atoms with Crippen LogP contribution in [0.1, 0.15) is 47.0 Å². The van der Waals surface area contributed by atoms with Crippen molar-refractivity contribution in [2.24, 2.45) is 5.41 Å². The van der Waals surface area contributed by atoms with E-state index in [4.69, 9.17) is 5.48 Å². The predicted molar refractivity (Wildman–Crippen MR) is 58.9 cm³/mol. The highest BCUT2D eigenvalue weighted by Crippen LogP contribution is 2.31. The summed E-state index contributed by atoms with van der Waals surface area (Å²) in [5.74, 6) is 0. The van der Waals surface area contributed by atoms with Gasteiger partial charge in [-0.3, -0.25) is 4.90 Å². The molecule has 0 radical (unpaired) electrons. The smallest absolute Gasteiger partial charge is 0.0478 e. The zero-order chi connectivity index (χ0) is 13.9. The van der Waals surface area contributed by atoms with E-state index < -0.39 is 18.5 Å². The summed E-state index contributed by atoms with van der Waals surface area (Å²) in [6.07, 6.45) is 1.44. The van der Waals surface area contributed by atoms with Crippen LogP contribution in [-0.2, 0) is 0 Å². The highest BCUT2D eigenvalue weighted by molar-refractivity contribution is 5.19. The lowest BCUT2D eigenvalue weighted by Crippen LogP contribution is -2.40. The summed E-state index contributed by atoms with van der Waals surface area (Å²) in [7, 11) is 0. The first kappa shape index (κ1) is 6.23. The van der Waals surface area contributed by atoms with Crippen molar-refractivity contribution in [3.8, 4) is 0 Å². The molecule has 1 heteroatoms. The molecule has 0 amide bonds. The van der Waals surface area contributed by atoms with Gasteiger partial charge in [-0.15, -0.1) is 0 Å². The van der Waals surface area contributed by atoms with Gasteiger partial charge < -0.3 is 0 Å². The molecule has 0 aromatic rings. The third-order valence-corrected chi connectivity index (χ3v) is 2.05. The fraction of sp³-hybridized carbons (Fsp3) is 0.833. The first-order valence-corrected chi connectivity index (χ1v) is 4.75. The van der Waals surface area contributed by atoms with E-state index in [1.807, 2.05) is 41.5 Å². The van der Waals surface area contributed by atoms with Crippen LogP contribution in [0.15, 0.2) is 11.6 Å². The van der Waals surface area contributed by atoms with Crippen LogP contribution >= 0.6 is 0 Å². The van der Waals surface area contributed by atoms with Crippen LogP contribution < -0.4 is 0 Å². The van der Waals surface area contributed by atoms with Crippen molar-refractivity contribution in [3.63, 3.8) is 0 Å². The van der Waals surface area contributed by atoms with Crippen LogP contribution in [0.5, 0.6) is 0 Å². The molecule has 0 atom stereocenters. The Bertz CT molecular complexity index is 344. The first-order chi connectivity index (χ1) is 7.21. The predicted octanol–water partition coefficient (Wildman–Crippen LogP) is 3.07. The summed E-state index contributed by atoms with van der Waals surface area (Å²) in [5.41, 5.74) is -0.433. The Labute approximate surface area is 88.4 Å². The molecule has 1 aliphatic heterocycles. The maximum atomic E-state index is 8.25. The molecule has 0 aromatic heterocycles. The largest absolute Gasteiger partial charge is 0.291 e. The zero-order valence-electron chi connectivity index (χ0n) is 13.5. The average molecular weight is 185 g/mol. The minimum Gasteiger partial charge on any atom is -0.291 e. The fourth-order valence-electron chi connectivity index (χ4n) is 1.06. The van der Waals surface area contributed by atoms with Gasteiger partial charge in [-0.25, -0.2) is 0 Å². The number of rotatable bonds is 0. The Morgan fingerprint density at radius 1 is 1.23 bits per heavy atom. The monoisotopic (exact) mass is 185 g/mol. The Kier molecular flexibility index (Phi) is 1.50. The number of hydrogen-bond donors (Lipinski definition) is 0. The molecule has 1 aliphatic rings. The van der Waals surface area contributed by atoms with E-state index >= 15 is 0 Å². The average Bonchev–Trinajstić information content (AvgIpc) is 2.12. The third kappa shape index (κ3) is 2.57. The van der Waals surface area contributed by atoms with E-state index in [9.17, 15) is 0 Å². The summed E-state index contributed by atoms with van der Waals surface area (Å²) in [5, 5.41) is 0. The third-order valence-electron chi connectivity index (χ3n) is 2.05. The standard InChI is InChI=1S/C12H23N/c1-11(2,3)10-7-8-13(9-10)12(4,5)6/h7H,8-9H2,1-6H3/i8D2,9D2. The minimum atomic E-state index is -1.75. The summed E-state index contributed by atoms with van der Waals surface area (Å²) >= 11 is 0. The molecule has 0 bridgehead atoms. The minimum absolute atomic E-state index is 0.378. The van der Waals surface area contributed by atoms with Gasteiger partial charge in [0.2, 0.25) is 0 Å². The van der Waals surface area contributed by atoms with E-state index in [-0.39, 0.29) is 5.41 Å². The van der Waals surface area contributed by atoms with Crippen molar-refractivity contribution in [2.75, 3.05) is 13.0 Å². The summed E-state index contributed by atoms with van der Waals surface area (Å²) in [6, 6.07) is 0. The van der Waals surface area contributed by atoms with Gasteiger partial charge in [0, 0.05) is 24.0 Å². The molecule has 0 N–H and O–H groups in total. The molecule has 0 fully saturated rings. The van der Waals surface area contributed by atoms with Crippen LogP contribution in [0.25, 0.3) is 0 Å². The lowest BCUT2D eigenvalue weighted by molar-refractivity contribution is 0.176. The molecule has 1 rings (SSSR count). The van der Waals surface area contributed by atoms with E-state index in [0.29, 0.717) is 5.57 Å². The van der Waals surface area contributed by atoms with Crippen molar-refractivity contribution < 1.29 is 5.48 Å². The van der Waals surface area contributed by atoms with Gasteiger partial charge in [0.1, 0.15) is 0 Å². The summed E-state index contributed by atoms with van der Waals surface area (Å²) in [6.45, 7) is 7.76. The van der Waals surface area contributed by atoms with Crippen LogP contribution in [0.2, 0.25) is 0 Å². The second-order valence-electron chi connectivity index (χ2n) is 5.56. The van der Waals surface area contributed by atoms with Crippen LogP contribution in [0.3, 0.4) is 0 Å². The van der Waals surface area contributed by atoms with Crippen molar-refractivity contribution >= 4 is 0 Å². The Hall–Kier alpha value is -0.300. The molecule has 1 heterocycles. The number of hydrogen-bond acceptors (Lipinski definition) is 1. The van der Waals surface area contributed by atoms with Gasteiger partial charge in [0.05, 0.1) is 0 Å². The number of nitrogens with zero attached hydrogens (tertiary/aromatic N) is 1. The van der Waals surface area contributed by atoms with Crippen molar-refractivity contribution in [3.05, 3.63) is 11.6 Å². The van der Waals surface area contributed by atoms with Crippen LogP contribution in [0.4, 0.5) is 0 Å². The topological polar surface area (TPSA) is 3.24 Å². The van der Waals surface area contributed by atoms with E-state index in [2.05, 4.69) is 0 Å². The van der Waals surface area contributed by atoms with E-state index in [0.717, 1.165) is 0 Å². The van der Waals surface area contributed by atoms with Crippen molar-refractivity contribution in [1.82, 2.24) is 4.90 Å². The summed E-state index contributed by atoms with van der Waals surface area (Å²) < 4.78 is 32.6. The van der Waals surface area contributed by atoms with E-state index in [1.54, 1.807) is 0 Å². The highest BCUT2D eigenvalue weighted by Gasteiger charge is 2.29. The summed E-state index contributed by atoms with van der Waals surface area (Å²) in [4.78, 5) is 1.31. The molecule has 76 valence electrons. The van der Waals surface area contributed by atoms with E-state index in [1.165, 1.54) is 11.0 Å². The SMILES string of the molecule is [2H]C1([2H])C=C(C(C)(C)C)C([2H])([2H])N1C(C)(C)C. The molecular formula is C12H23N. The normalized spacial score (nSPS) is 32.9. The first-order valence-electron chi connectivity index (χ1n) is 6.75. The molecule has 0 saturated heterocycles. The molecule has 0 spiro atoms. The maximum Gasteiger partial charge on any atom is 0.0478 e. The molecule has 0 aliphatic carbocycles. The molecule has 1 nitrogen and oxygen atoms in total. The fourth-order valence-corrected chi connectivity index (χ4v) is 1.06. The second-order valence-corrected chi connectivity index (χ2v) is 5.56. The van der Waals surface area contributed by atoms with Crippen LogP contribution in [0, 0.1) is 5.41 Å². The zero-order valence-corrected chi connectivity index (χ0v) is 9.52. The van der Waals surface area contributed by atoms with Crippen molar-refractivity contribution in [2.45, 2.75) is 47.1 Å². The lowest BCUT2D eigenvalue weighted by Gasteiger charge is -2.33. The Morgan fingerprint density at radius 3 is 2.00 bits per heavy atom. The highest BCUT2D eigenvalue weighted by atomic mass is 15.2. The Balaban J connectivity index is 3.35. The molecule has 0 unspecified atom stereocenters. The molecular weight excluding hydrogens is 158 g/mol. The van der Waals surface area contributed by atoms with Crippen molar-refractivity contribution in [1.29, 1.82) is 0 Å². The molecule has 0 saturated carbocycles. The van der Waals surface area contributed by atoms with Crippen LogP contribution in [-0.4, -0.2) is 23.4 Å². The van der Waals surface area contributed by atoms with Gasteiger partial charge in [-0.2, -0.15) is 0 Å². The molecule has 13 heavy (non-hydrogen) atoms. The Morgan fingerprint density at radius 2 is 1.77 bits per heavy atom. The van der Waals surface area contributed by atoms with Gasteiger partial charge in [0.15, 0.2) is 0 Å². The van der Waals surface area contributed by atoms with Gasteiger partial charge in [-0.1, -0.05) is 32.4 Å². The quantitative estimate of drug-likeness (QED) is 0.524. The maximum absolute atomic E-state index is 8.25. The second kappa shape index (κ2) is 3.13. The van der Waals surface area contributed by atoms with Gasteiger partial charge in [-0.05, 0) is 26.2 Å².